The van der Waals surface area contributed by atoms with Crippen LogP contribution in [0.1, 0.15) is 29.0 Å². The Balaban J connectivity index is 1.53. The van der Waals surface area contributed by atoms with E-state index in [1.807, 2.05) is 0 Å². The van der Waals surface area contributed by atoms with Crippen LogP contribution in [0.4, 0.5) is 11.9 Å². The topological polar surface area (TPSA) is 83.5 Å². The van der Waals surface area contributed by atoms with Gasteiger partial charge in [-0.05, 0) is 31.0 Å². The maximum atomic E-state index is 12.5. The number of anilines is 2. The molecule has 1 amide bonds. The fraction of sp³-hybridized carbons (Fsp3) is 0.474. The second-order valence-electron chi connectivity index (χ2n) is 6.95. The lowest BCUT2D eigenvalue weighted by Gasteiger charge is -2.28. The summed E-state index contributed by atoms with van der Waals surface area (Å²) >= 11 is 12.0. The molecule has 0 saturated carbocycles. The highest BCUT2D eigenvalue weighted by Crippen LogP contribution is 2.22. The van der Waals surface area contributed by atoms with Gasteiger partial charge >= 0.3 is 0 Å². The average molecular weight is 437 g/mol. The van der Waals surface area contributed by atoms with E-state index < -0.39 is 0 Å². The number of rotatable bonds is 5. The lowest BCUT2D eigenvalue weighted by Crippen LogP contribution is -2.38. The number of amides is 1. The first-order valence-electron chi connectivity index (χ1n) is 9.66. The van der Waals surface area contributed by atoms with Gasteiger partial charge in [0.2, 0.25) is 11.9 Å². The molecule has 2 saturated heterocycles. The van der Waals surface area contributed by atoms with Gasteiger partial charge < -0.3 is 19.9 Å². The van der Waals surface area contributed by atoms with Gasteiger partial charge in [-0.15, -0.1) is 0 Å². The molecule has 0 spiro atoms. The van der Waals surface area contributed by atoms with Crippen molar-refractivity contribution in [2.45, 2.75) is 19.4 Å². The van der Waals surface area contributed by atoms with Crippen LogP contribution in [0.25, 0.3) is 0 Å². The molecular weight excluding hydrogens is 415 g/mol. The van der Waals surface area contributed by atoms with E-state index in [2.05, 4.69) is 30.1 Å². The summed E-state index contributed by atoms with van der Waals surface area (Å²) in [4.78, 5) is 30.6. The second kappa shape index (κ2) is 9.11. The lowest BCUT2D eigenvalue weighted by atomic mass is 10.2. The molecule has 10 heteroatoms. The Morgan fingerprint density at radius 3 is 2.31 bits per heavy atom. The summed E-state index contributed by atoms with van der Waals surface area (Å²) in [6.07, 6.45) is 2.25. The number of carbonyl (C=O) groups is 1. The van der Waals surface area contributed by atoms with Crippen LogP contribution in [0, 0.1) is 0 Å². The Hall–Kier alpha value is -2.16. The van der Waals surface area contributed by atoms with Gasteiger partial charge in [-0.25, -0.2) is 0 Å². The first-order chi connectivity index (χ1) is 14.1. The zero-order valence-electron chi connectivity index (χ0n) is 15.9. The fourth-order valence-electron chi connectivity index (χ4n) is 3.37. The standard InChI is InChI=1S/C19H22Cl2N6O2/c20-13-3-4-14(15(21)11-13)17(28)22-12-16-23-18(26-5-1-2-6-26)25-19(24-16)27-7-9-29-10-8-27/h3-4,11H,1-2,5-10,12H2,(H,22,28). The van der Waals surface area contributed by atoms with Crippen LogP contribution in [-0.4, -0.2) is 60.3 Å². The Morgan fingerprint density at radius 1 is 1.00 bits per heavy atom. The second-order valence-corrected chi connectivity index (χ2v) is 7.80. The SMILES string of the molecule is O=C(NCc1nc(N2CCCC2)nc(N2CCOCC2)n1)c1ccc(Cl)cc1Cl. The van der Waals surface area contributed by atoms with Crippen LogP contribution in [-0.2, 0) is 11.3 Å². The molecule has 2 aliphatic heterocycles. The minimum atomic E-state index is -0.303. The molecule has 1 N–H and O–H groups in total. The third-order valence-electron chi connectivity index (χ3n) is 4.92. The van der Waals surface area contributed by atoms with E-state index in [9.17, 15) is 4.79 Å². The van der Waals surface area contributed by atoms with E-state index >= 15 is 0 Å². The molecule has 0 radical (unpaired) electrons. The normalized spacial score (nSPS) is 16.9. The van der Waals surface area contributed by atoms with Crippen molar-refractivity contribution in [3.8, 4) is 0 Å². The van der Waals surface area contributed by atoms with Crippen molar-refractivity contribution in [1.82, 2.24) is 20.3 Å². The number of hydrogen-bond donors (Lipinski definition) is 1. The average Bonchev–Trinajstić information content (AvgIpc) is 3.27. The monoisotopic (exact) mass is 436 g/mol. The van der Waals surface area contributed by atoms with Gasteiger partial charge in [-0.3, -0.25) is 4.79 Å². The molecule has 0 unspecified atom stereocenters. The van der Waals surface area contributed by atoms with Gasteiger partial charge in [0.25, 0.3) is 5.91 Å². The van der Waals surface area contributed by atoms with Gasteiger partial charge in [0, 0.05) is 31.2 Å². The van der Waals surface area contributed by atoms with E-state index in [0.29, 0.717) is 46.5 Å². The molecule has 154 valence electrons. The molecule has 2 aromatic rings. The third-order valence-corrected chi connectivity index (χ3v) is 5.47. The summed E-state index contributed by atoms with van der Waals surface area (Å²) in [5, 5.41) is 3.63. The van der Waals surface area contributed by atoms with Crippen LogP contribution in [0.2, 0.25) is 10.0 Å². The van der Waals surface area contributed by atoms with Crippen molar-refractivity contribution in [3.05, 3.63) is 39.6 Å². The summed E-state index contributed by atoms with van der Waals surface area (Å²) in [7, 11) is 0. The van der Waals surface area contributed by atoms with E-state index in [1.165, 1.54) is 0 Å². The molecule has 3 heterocycles. The molecular formula is C19H22Cl2N6O2. The van der Waals surface area contributed by atoms with E-state index in [4.69, 9.17) is 27.9 Å². The van der Waals surface area contributed by atoms with Crippen molar-refractivity contribution in [3.63, 3.8) is 0 Å². The van der Waals surface area contributed by atoms with Crippen molar-refractivity contribution >= 4 is 41.0 Å². The first kappa shape index (κ1) is 20.1. The van der Waals surface area contributed by atoms with E-state index in [0.717, 1.165) is 39.0 Å². The zero-order chi connectivity index (χ0) is 20.2. The lowest BCUT2D eigenvalue weighted by molar-refractivity contribution is 0.0950. The molecule has 2 fully saturated rings. The number of hydrogen-bond acceptors (Lipinski definition) is 7. The first-order valence-corrected chi connectivity index (χ1v) is 10.4. The van der Waals surface area contributed by atoms with E-state index in [-0.39, 0.29) is 12.5 Å². The molecule has 29 heavy (non-hydrogen) atoms. The highest BCUT2D eigenvalue weighted by atomic mass is 35.5. The van der Waals surface area contributed by atoms with Gasteiger partial charge in [-0.1, -0.05) is 23.2 Å². The Morgan fingerprint density at radius 2 is 1.66 bits per heavy atom. The van der Waals surface area contributed by atoms with Gasteiger partial charge in [-0.2, -0.15) is 15.0 Å². The van der Waals surface area contributed by atoms with Crippen molar-refractivity contribution in [2.24, 2.45) is 0 Å². The number of morpholine rings is 1. The number of nitrogens with zero attached hydrogens (tertiary/aromatic N) is 5. The molecule has 2 aliphatic rings. The maximum absolute atomic E-state index is 12.5. The summed E-state index contributed by atoms with van der Waals surface area (Å²) < 4.78 is 5.43. The van der Waals surface area contributed by atoms with Crippen LogP contribution >= 0.6 is 23.2 Å². The predicted octanol–water partition coefficient (Wildman–Crippen LogP) is 2.55. The summed E-state index contributed by atoms with van der Waals surface area (Å²) in [5.41, 5.74) is 0.360. The molecule has 8 nitrogen and oxygen atoms in total. The van der Waals surface area contributed by atoms with E-state index in [1.54, 1.807) is 18.2 Å². The van der Waals surface area contributed by atoms with Crippen molar-refractivity contribution < 1.29 is 9.53 Å². The number of halogens is 2. The summed E-state index contributed by atoms with van der Waals surface area (Å²) in [5.74, 6) is 1.50. The van der Waals surface area contributed by atoms with Gasteiger partial charge in [0.15, 0.2) is 5.82 Å². The summed E-state index contributed by atoms with van der Waals surface area (Å²) in [6, 6.07) is 4.78. The molecule has 0 atom stereocenters. The van der Waals surface area contributed by atoms with Crippen LogP contribution < -0.4 is 15.1 Å². The highest BCUT2D eigenvalue weighted by Gasteiger charge is 2.21. The largest absolute Gasteiger partial charge is 0.378 e. The molecule has 0 bridgehead atoms. The Kier molecular flexibility index (Phi) is 6.32. The minimum Gasteiger partial charge on any atom is -0.378 e. The third kappa shape index (κ3) is 4.88. The van der Waals surface area contributed by atoms with Gasteiger partial charge in [0.1, 0.15) is 0 Å². The van der Waals surface area contributed by atoms with Crippen molar-refractivity contribution in [2.75, 3.05) is 49.2 Å². The Bertz CT molecular complexity index is 885. The number of aromatic nitrogens is 3. The maximum Gasteiger partial charge on any atom is 0.253 e. The minimum absolute atomic E-state index is 0.179. The summed E-state index contributed by atoms with van der Waals surface area (Å²) in [6.45, 7) is 4.79. The highest BCUT2D eigenvalue weighted by molar-refractivity contribution is 6.36. The van der Waals surface area contributed by atoms with Crippen LogP contribution in [0.15, 0.2) is 18.2 Å². The smallest absolute Gasteiger partial charge is 0.253 e. The van der Waals surface area contributed by atoms with Gasteiger partial charge in [0.05, 0.1) is 30.3 Å². The number of nitrogens with one attached hydrogen (secondary N) is 1. The zero-order valence-corrected chi connectivity index (χ0v) is 17.4. The molecule has 1 aromatic heterocycles. The Labute approximate surface area is 179 Å². The van der Waals surface area contributed by atoms with Crippen molar-refractivity contribution in [1.29, 1.82) is 0 Å². The predicted molar refractivity (Wildman–Crippen MR) is 112 cm³/mol. The molecule has 1 aromatic carbocycles. The van der Waals surface area contributed by atoms with Crippen LogP contribution in [0.3, 0.4) is 0 Å². The number of ether oxygens (including phenoxy) is 1. The quantitative estimate of drug-likeness (QED) is 0.770. The molecule has 0 aliphatic carbocycles. The number of carbonyl (C=O) groups excluding carboxylic acids is 1. The van der Waals surface area contributed by atoms with Crippen LogP contribution in [0.5, 0.6) is 0 Å². The molecule has 4 rings (SSSR count). The fourth-order valence-corrected chi connectivity index (χ4v) is 3.86. The number of benzene rings is 1.